The van der Waals surface area contributed by atoms with E-state index in [0.29, 0.717) is 5.41 Å². The van der Waals surface area contributed by atoms with E-state index in [2.05, 4.69) is 13.8 Å². The van der Waals surface area contributed by atoms with E-state index in [1.165, 1.54) is 38.5 Å². The molecule has 0 aromatic heterocycles. The van der Waals surface area contributed by atoms with Crippen LogP contribution in [0.5, 0.6) is 0 Å². The van der Waals surface area contributed by atoms with E-state index in [4.69, 9.17) is 4.74 Å². The Morgan fingerprint density at radius 1 is 1.00 bits per heavy atom. The van der Waals surface area contributed by atoms with Crippen LogP contribution >= 0.6 is 0 Å². The summed E-state index contributed by atoms with van der Waals surface area (Å²) in [4.78, 5) is 0. The fourth-order valence-electron chi connectivity index (χ4n) is 2.98. The molecule has 0 aromatic rings. The van der Waals surface area contributed by atoms with Crippen LogP contribution in [0.3, 0.4) is 0 Å². The standard InChI is InChI=1S/C11H20O/c1-10(2)8-11(9-12-10)6-4-3-5-7-11/h3-9H2,1-2H3. The van der Waals surface area contributed by atoms with Crippen molar-refractivity contribution >= 4 is 0 Å². The van der Waals surface area contributed by atoms with E-state index in [1.54, 1.807) is 0 Å². The lowest BCUT2D eigenvalue weighted by molar-refractivity contribution is 0.0285. The first kappa shape index (κ1) is 8.55. The lowest BCUT2D eigenvalue weighted by Gasteiger charge is -2.32. The first-order valence-electron chi connectivity index (χ1n) is 5.26. The van der Waals surface area contributed by atoms with E-state index in [1.807, 2.05) is 0 Å². The van der Waals surface area contributed by atoms with Crippen molar-refractivity contribution in [3.8, 4) is 0 Å². The van der Waals surface area contributed by atoms with Crippen LogP contribution in [-0.2, 0) is 4.74 Å². The minimum Gasteiger partial charge on any atom is -0.375 e. The SMILES string of the molecule is CC1(C)CC2(CCCCC2)CO1. The van der Waals surface area contributed by atoms with E-state index in [-0.39, 0.29) is 5.60 Å². The molecular formula is C11H20O. The zero-order valence-electron chi connectivity index (χ0n) is 8.36. The molecule has 0 aromatic carbocycles. The van der Waals surface area contributed by atoms with Gasteiger partial charge in [-0.05, 0) is 38.5 Å². The molecule has 1 spiro atoms. The molecule has 0 atom stereocenters. The second-order valence-electron chi connectivity index (χ2n) is 5.29. The van der Waals surface area contributed by atoms with Crippen molar-refractivity contribution in [2.24, 2.45) is 5.41 Å². The third-order valence-electron chi connectivity index (χ3n) is 3.48. The van der Waals surface area contributed by atoms with Gasteiger partial charge in [-0.2, -0.15) is 0 Å². The van der Waals surface area contributed by atoms with Gasteiger partial charge >= 0.3 is 0 Å². The molecule has 0 N–H and O–H groups in total. The maximum absolute atomic E-state index is 5.83. The Bertz CT molecular complexity index is 166. The maximum Gasteiger partial charge on any atom is 0.0632 e. The second kappa shape index (κ2) is 2.73. The quantitative estimate of drug-likeness (QED) is 0.540. The predicted molar refractivity (Wildman–Crippen MR) is 50.2 cm³/mol. The van der Waals surface area contributed by atoms with Crippen LogP contribution in [0.25, 0.3) is 0 Å². The van der Waals surface area contributed by atoms with Crippen LogP contribution in [0.2, 0.25) is 0 Å². The lowest BCUT2D eigenvalue weighted by Crippen LogP contribution is -2.26. The Balaban J connectivity index is 2.03. The summed E-state index contributed by atoms with van der Waals surface area (Å²) in [6.07, 6.45) is 8.42. The van der Waals surface area contributed by atoms with Crippen molar-refractivity contribution in [1.82, 2.24) is 0 Å². The summed E-state index contributed by atoms with van der Waals surface area (Å²) in [5.74, 6) is 0. The van der Waals surface area contributed by atoms with Gasteiger partial charge in [0.25, 0.3) is 0 Å². The van der Waals surface area contributed by atoms with Crippen LogP contribution < -0.4 is 0 Å². The molecule has 1 heterocycles. The normalized spacial score (nSPS) is 32.5. The third kappa shape index (κ3) is 1.52. The largest absolute Gasteiger partial charge is 0.375 e. The van der Waals surface area contributed by atoms with Gasteiger partial charge in [0.05, 0.1) is 12.2 Å². The van der Waals surface area contributed by atoms with Crippen LogP contribution in [0.4, 0.5) is 0 Å². The Labute approximate surface area is 75.5 Å². The van der Waals surface area contributed by atoms with Crippen molar-refractivity contribution in [1.29, 1.82) is 0 Å². The molecule has 0 radical (unpaired) electrons. The molecule has 2 fully saturated rings. The third-order valence-corrected chi connectivity index (χ3v) is 3.48. The lowest BCUT2D eigenvalue weighted by atomic mass is 9.71. The molecule has 1 aliphatic carbocycles. The maximum atomic E-state index is 5.83. The molecule has 12 heavy (non-hydrogen) atoms. The highest BCUT2D eigenvalue weighted by Gasteiger charge is 2.44. The summed E-state index contributed by atoms with van der Waals surface area (Å²) in [5, 5.41) is 0. The highest BCUT2D eigenvalue weighted by molar-refractivity contribution is 4.94. The van der Waals surface area contributed by atoms with Crippen LogP contribution in [-0.4, -0.2) is 12.2 Å². The highest BCUT2D eigenvalue weighted by atomic mass is 16.5. The summed E-state index contributed by atoms with van der Waals surface area (Å²) in [5.41, 5.74) is 0.749. The van der Waals surface area contributed by atoms with E-state index in [9.17, 15) is 0 Å². The number of rotatable bonds is 0. The summed E-state index contributed by atoms with van der Waals surface area (Å²) >= 11 is 0. The molecule has 0 unspecified atom stereocenters. The topological polar surface area (TPSA) is 9.23 Å². The fourth-order valence-corrected chi connectivity index (χ4v) is 2.98. The Hall–Kier alpha value is -0.0400. The molecule has 2 rings (SSSR count). The van der Waals surface area contributed by atoms with Gasteiger partial charge < -0.3 is 4.74 Å². The van der Waals surface area contributed by atoms with Gasteiger partial charge in [0.2, 0.25) is 0 Å². The molecule has 1 saturated carbocycles. The molecular weight excluding hydrogens is 148 g/mol. The van der Waals surface area contributed by atoms with Gasteiger partial charge in [-0.1, -0.05) is 19.3 Å². The number of hydrogen-bond donors (Lipinski definition) is 0. The molecule has 1 aliphatic heterocycles. The van der Waals surface area contributed by atoms with Crippen LogP contribution in [0.15, 0.2) is 0 Å². The zero-order valence-corrected chi connectivity index (χ0v) is 8.36. The molecule has 1 saturated heterocycles. The van der Waals surface area contributed by atoms with E-state index < -0.39 is 0 Å². The highest BCUT2D eigenvalue weighted by Crippen LogP contribution is 2.48. The van der Waals surface area contributed by atoms with Gasteiger partial charge in [0.1, 0.15) is 0 Å². The summed E-state index contributed by atoms with van der Waals surface area (Å²) in [7, 11) is 0. The van der Waals surface area contributed by atoms with Gasteiger partial charge in [0.15, 0.2) is 0 Å². The summed E-state index contributed by atoms with van der Waals surface area (Å²) < 4.78 is 5.83. The first-order chi connectivity index (χ1) is 5.62. The van der Waals surface area contributed by atoms with Crippen molar-refractivity contribution < 1.29 is 4.74 Å². The molecule has 70 valence electrons. The minimum absolute atomic E-state index is 0.164. The van der Waals surface area contributed by atoms with Gasteiger partial charge in [0, 0.05) is 0 Å². The average molecular weight is 168 g/mol. The predicted octanol–water partition coefficient (Wildman–Crippen LogP) is 3.14. The van der Waals surface area contributed by atoms with Crippen molar-refractivity contribution in [2.45, 2.75) is 58.0 Å². The fraction of sp³-hybridized carbons (Fsp3) is 1.00. The Kier molecular flexibility index (Phi) is 1.95. The van der Waals surface area contributed by atoms with E-state index in [0.717, 1.165) is 6.61 Å². The van der Waals surface area contributed by atoms with E-state index >= 15 is 0 Å². The smallest absolute Gasteiger partial charge is 0.0632 e. The molecule has 1 nitrogen and oxygen atoms in total. The Morgan fingerprint density at radius 2 is 1.67 bits per heavy atom. The monoisotopic (exact) mass is 168 g/mol. The van der Waals surface area contributed by atoms with Crippen LogP contribution in [0.1, 0.15) is 52.4 Å². The van der Waals surface area contributed by atoms with Crippen molar-refractivity contribution in [2.75, 3.05) is 6.61 Å². The Morgan fingerprint density at radius 3 is 2.17 bits per heavy atom. The number of hydrogen-bond acceptors (Lipinski definition) is 1. The van der Waals surface area contributed by atoms with Crippen molar-refractivity contribution in [3.63, 3.8) is 0 Å². The molecule has 0 amide bonds. The zero-order chi connectivity index (χ0) is 8.66. The summed E-state index contributed by atoms with van der Waals surface area (Å²) in [6.45, 7) is 5.49. The van der Waals surface area contributed by atoms with Gasteiger partial charge in [-0.3, -0.25) is 0 Å². The first-order valence-corrected chi connectivity index (χ1v) is 5.26. The second-order valence-corrected chi connectivity index (χ2v) is 5.29. The van der Waals surface area contributed by atoms with Crippen LogP contribution in [0, 0.1) is 5.41 Å². The summed E-state index contributed by atoms with van der Waals surface area (Å²) in [6, 6.07) is 0. The van der Waals surface area contributed by atoms with Gasteiger partial charge in [-0.25, -0.2) is 0 Å². The minimum atomic E-state index is 0.164. The molecule has 0 bridgehead atoms. The van der Waals surface area contributed by atoms with Crippen molar-refractivity contribution in [3.05, 3.63) is 0 Å². The van der Waals surface area contributed by atoms with Gasteiger partial charge in [-0.15, -0.1) is 0 Å². The average Bonchev–Trinajstić information content (AvgIpc) is 2.29. The number of ether oxygens (including phenoxy) is 1. The molecule has 1 heteroatoms. The molecule has 2 aliphatic rings.